The number of rotatable bonds is 7. The smallest absolute Gasteiger partial charge is 0.414 e. The largest absolute Gasteiger partial charge is 0.473 e. The standard InChI is InChI=1S/C14H30N4.C2H2O4/c15-5-3-8-17-11-13-18(14-12-17)10-4-9-16-6-1-2-7-16;3-1(4)2(5)6/h1-15H2;(H,3,4)(H,5,6). The number of hydrogen-bond acceptors (Lipinski definition) is 6. The molecule has 0 aromatic heterocycles. The molecule has 2 rings (SSSR count). The third-order valence-corrected chi connectivity index (χ3v) is 4.47. The molecule has 24 heavy (non-hydrogen) atoms. The molecule has 140 valence electrons. The minimum atomic E-state index is -1.82. The fourth-order valence-corrected chi connectivity index (χ4v) is 3.08. The normalized spacial score (nSPS) is 19.7. The highest BCUT2D eigenvalue weighted by Gasteiger charge is 2.16. The van der Waals surface area contributed by atoms with Crippen LogP contribution in [0.1, 0.15) is 25.7 Å². The van der Waals surface area contributed by atoms with Crippen LogP contribution in [0.25, 0.3) is 0 Å². The van der Waals surface area contributed by atoms with Crippen LogP contribution in [-0.4, -0.2) is 102 Å². The Morgan fingerprint density at radius 2 is 1.08 bits per heavy atom. The summed E-state index contributed by atoms with van der Waals surface area (Å²) in [5, 5.41) is 14.8. The molecule has 4 N–H and O–H groups in total. The summed E-state index contributed by atoms with van der Waals surface area (Å²) in [6.45, 7) is 12.3. The molecule has 0 unspecified atom stereocenters. The molecule has 0 atom stereocenters. The van der Waals surface area contributed by atoms with Gasteiger partial charge in [-0.2, -0.15) is 0 Å². The van der Waals surface area contributed by atoms with Crippen molar-refractivity contribution < 1.29 is 19.8 Å². The first-order chi connectivity index (χ1) is 11.5. The fraction of sp³-hybridized carbons (Fsp3) is 0.875. The Balaban J connectivity index is 0.000000413. The molecule has 2 heterocycles. The maximum Gasteiger partial charge on any atom is 0.414 e. The highest BCUT2D eigenvalue weighted by molar-refractivity contribution is 6.27. The van der Waals surface area contributed by atoms with Crippen LogP contribution in [0.2, 0.25) is 0 Å². The summed E-state index contributed by atoms with van der Waals surface area (Å²) in [6.07, 6.45) is 5.33. The highest BCUT2D eigenvalue weighted by atomic mass is 16.4. The Bertz CT molecular complexity index is 355. The van der Waals surface area contributed by atoms with Crippen molar-refractivity contribution >= 4 is 11.9 Å². The Labute approximate surface area is 144 Å². The van der Waals surface area contributed by atoms with Crippen LogP contribution in [0.4, 0.5) is 0 Å². The van der Waals surface area contributed by atoms with Crippen molar-refractivity contribution in [1.82, 2.24) is 14.7 Å². The number of carbonyl (C=O) groups is 2. The lowest BCUT2D eigenvalue weighted by Crippen LogP contribution is -2.47. The second-order valence-corrected chi connectivity index (χ2v) is 6.34. The molecule has 0 aromatic rings. The molecule has 0 amide bonds. The van der Waals surface area contributed by atoms with E-state index in [0.29, 0.717) is 0 Å². The van der Waals surface area contributed by atoms with Gasteiger partial charge in [0.15, 0.2) is 0 Å². The second kappa shape index (κ2) is 12.2. The van der Waals surface area contributed by atoms with Crippen LogP contribution in [-0.2, 0) is 9.59 Å². The van der Waals surface area contributed by atoms with E-state index in [9.17, 15) is 0 Å². The Morgan fingerprint density at radius 3 is 1.46 bits per heavy atom. The molecular weight excluding hydrogens is 312 g/mol. The van der Waals surface area contributed by atoms with Crippen LogP contribution in [0.15, 0.2) is 0 Å². The predicted octanol–water partition coefficient (Wildman–Crippen LogP) is -0.406. The molecule has 0 radical (unpaired) electrons. The second-order valence-electron chi connectivity index (χ2n) is 6.34. The Hall–Kier alpha value is -1.22. The molecule has 0 aliphatic carbocycles. The minimum Gasteiger partial charge on any atom is -0.473 e. The average molecular weight is 344 g/mol. The van der Waals surface area contributed by atoms with Crippen LogP contribution in [0.5, 0.6) is 0 Å². The monoisotopic (exact) mass is 344 g/mol. The third-order valence-electron chi connectivity index (χ3n) is 4.47. The van der Waals surface area contributed by atoms with Gasteiger partial charge in [-0.1, -0.05) is 0 Å². The van der Waals surface area contributed by atoms with Crippen LogP contribution >= 0.6 is 0 Å². The summed E-state index contributed by atoms with van der Waals surface area (Å²) in [5.41, 5.74) is 5.56. The average Bonchev–Trinajstić information content (AvgIpc) is 3.08. The van der Waals surface area contributed by atoms with Gasteiger partial charge >= 0.3 is 11.9 Å². The number of nitrogens with two attached hydrogens (primary N) is 1. The topological polar surface area (TPSA) is 110 Å². The van der Waals surface area contributed by atoms with E-state index >= 15 is 0 Å². The minimum absolute atomic E-state index is 0.829. The fourth-order valence-electron chi connectivity index (χ4n) is 3.08. The Morgan fingerprint density at radius 1 is 0.708 bits per heavy atom. The predicted molar refractivity (Wildman–Crippen MR) is 92.1 cm³/mol. The number of carboxylic acid groups (broad SMARTS) is 2. The van der Waals surface area contributed by atoms with Gasteiger partial charge in [0.2, 0.25) is 0 Å². The van der Waals surface area contributed by atoms with E-state index in [2.05, 4.69) is 14.7 Å². The van der Waals surface area contributed by atoms with Gasteiger partial charge in [0.25, 0.3) is 0 Å². The summed E-state index contributed by atoms with van der Waals surface area (Å²) in [7, 11) is 0. The summed E-state index contributed by atoms with van der Waals surface area (Å²) in [6, 6.07) is 0. The number of likely N-dealkylation sites (tertiary alicyclic amines) is 1. The van der Waals surface area contributed by atoms with Crippen molar-refractivity contribution in [2.24, 2.45) is 5.73 Å². The first kappa shape index (κ1) is 20.8. The Kier molecular flexibility index (Phi) is 10.6. The SMILES string of the molecule is NCCCN1CCN(CCCN2CCCC2)CC1.O=C(O)C(=O)O. The number of piperazine rings is 1. The van der Waals surface area contributed by atoms with Gasteiger partial charge in [0, 0.05) is 26.2 Å². The molecular formula is C16H32N4O4. The van der Waals surface area contributed by atoms with Crippen molar-refractivity contribution in [3.8, 4) is 0 Å². The van der Waals surface area contributed by atoms with Crippen LogP contribution < -0.4 is 5.73 Å². The zero-order valence-electron chi connectivity index (χ0n) is 14.5. The van der Waals surface area contributed by atoms with Gasteiger partial charge < -0.3 is 30.6 Å². The summed E-state index contributed by atoms with van der Waals surface area (Å²) in [4.78, 5) is 26.0. The van der Waals surface area contributed by atoms with E-state index in [1.165, 1.54) is 78.2 Å². The van der Waals surface area contributed by atoms with E-state index in [4.69, 9.17) is 25.5 Å². The first-order valence-electron chi connectivity index (χ1n) is 8.86. The molecule has 0 spiro atoms. The lowest BCUT2D eigenvalue weighted by atomic mass is 10.2. The van der Waals surface area contributed by atoms with Gasteiger partial charge in [-0.05, 0) is 65.0 Å². The van der Waals surface area contributed by atoms with Crippen LogP contribution in [0, 0.1) is 0 Å². The van der Waals surface area contributed by atoms with Gasteiger partial charge in [0.1, 0.15) is 0 Å². The molecule has 2 saturated heterocycles. The van der Waals surface area contributed by atoms with Crippen molar-refractivity contribution in [1.29, 1.82) is 0 Å². The highest BCUT2D eigenvalue weighted by Crippen LogP contribution is 2.08. The molecule has 2 aliphatic rings. The zero-order chi connectivity index (χ0) is 17.8. The first-order valence-corrected chi connectivity index (χ1v) is 8.86. The van der Waals surface area contributed by atoms with Crippen molar-refractivity contribution in [3.05, 3.63) is 0 Å². The van der Waals surface area contributed by atoms with Gasteiger partial charge in [-0.3, -0.25) is 0 Å². The van der Waals surface area contributed by atoms with Crippen molar-refractivity contribution in [3.63, 3.8) is 0 Å². The third kappa shape index (κ3) is 9.17. The van der Waals surface area contributed by atoms with Gasteiger partial charge in [-0.25, -0.2) is 9.59 Å². The maximum atomic E-state index is 9.10. The molecule has 0 saturated carbocycles. The maximum absolute atomic E-state index is 9.10. The molecule has 8 nitrogen and oxygen atoms in total. The lowest BCUT2D eigenvalue weighted by molar-refractivity contribution is -0.159. The molecule has 8 heteroatoms. The molecule has 2 fully saturated rings. The number of carboxylic acids is 2. The molecule has 0 aromatic carbocycles. The van der Waals surface area contributed by atoms with Crippen molar-refractivity contribution in [2.45, 2.75) is 25.7 Å². The van der Waals surface area contributed by atoms with E-state index in [0.717, 1.165) is 13.0 Å². The number of nitrogens with zero attached hydrogens (tertiary/aromatic N) is 3. The van der Waals surface area contributed by atoms with E-state index in [1.807, 2.05) is 0 Å². The quantitative estimate of drug-likeness (QED) is 0.535. The number of aliphatic carboxylic acids is 2. The van der Waals surface area contributed by atoms with Crippen molar-refractivity contribution in [2.75, 3.05) is 65.4 Å². The van der Waals surface area contributed by atoms with E-state index < -0.39 is 11.9 Å². The van der Waals surface area contributed by atoms with Gasteiger partial charge in [-0.15, -0.1) is 0 Å². The summed E-state index contributed by atoms with van der Waals surface area (Å²) < 4.78 is 0. The van der Waals surface area contributed by atoms with E-state index in [1.54, 1.807) is 0 Å². The summed E-state index contributed by atoms with van der Waals surface area (Å²) in [5.74, 6) is -3.65. The van der Waals surface area contributed by atoms with Crippen LogP contribution in [0.3, 0.4) is 0 Å². The molecule has 2 aliphatic heterocycles. The van der Waals surface area contributed by atoms with E-state index in [-0.39, 0.29) is 0 Å². The zero-order valence-corrected chi connectivity index (χ0v) is 14.5. The molecule has 0 bridgehead atoms. The lowest BCUT2D eigenvalue weighted by Gasteiger charge is -2.34. The van der Waals surface area contributed by atoms with Gasteiger partial charge in [0.05, 0.1) is 0 Å². The number of hydrogen-bond donors (Lipinski definition) is 3. The summed E-state index contributed by atoms with van der Waals surface area (Å²) >= 11 is 0.